The van der Waals surface area contributed by atoms with Crippen LogP contribution in [0.15, 0.2) is 34.9 Å². The number of hydrogen-bond acceptors (Lipinski definition) is 5. The number of nitrogens with one attached hydrogen (secondary N) is 1. The predicted octanol–water partition coefficient (Wildman–Crippen LogP) is 1.03. The maximum Gasteiger partial charge on any atom is 0.338 e. The third-order valence-corrected chi connectivity index (χ3v) is 4.99. The van der Waals surface area contributed by atoms with Crippen molar-refractivity contribution in [3.63, 3.8) is 0 Å². The number of fused-ring (bicyclic) bond motifs is 1. The number of esters is 1. The summed E-state index contributed by atoms with van der Waals surface area (Å²) in [6, 6.07) is 0.484. The maximum atomic E-state index is 11.7. The van der Waals surface area contributed by atoms with Crippen molar-refractivity contribution in [2.75, 3.05) is 39.4 Å². The second-order valence-corrected chi connectivity index (χ2v) is 6.16. The first-order valence-electron chi connectivity index (χ1n) is 7.88. The summed E-state index contributed by atoms with van der Waals surface area (Å²) >= 11 is 0. The summed E-state index contributed by atoms with van der Waals surface area (Å²) in [6.45, 7) is 13.0. The van der Waals surface area contributed by atoms with Gasteiger partial charge in [0.2, 0.25) is 0 Å². The molecule has 0 saturated carbocycles. The molecule has 0 aromatic heterocycles. The number of rotatable bonds is 3. The number of nitrogens with zero attached hydrogens (tertiary/aromatic N) is 1. The third-order valence-electron chi connectivity index (χ3n) is 4.99. The quantitative estimate of drug-likeness (QED) is 0.790. The third kappa shape index (κ3) is 2.76. The van der Waals surface area contributed by atoms with Crippen molar-refractivity contribution in [3.8, 4) is 0 Å². The average Bonchev–Trinajstić information content (AvgIpc) is 2.93. The van der Waals surface area contributed by atoms with Crippen molar-refractivity contribution in [2.45, 2.75) is 26.0 Å². The molecule has 22 heavy (non-hydrogen) atoms. The number of carbonyl (C=O) groups excluding carboxylic acids is 1. The van der Waals surface area contributed by atoms with Crippen LogP contribution in [0.1, 0.15) is 13.8 Å². The van der Waals surface area contributed by atoms with Crippen molar-refractivity contribution in [2.24, 2.45) is 0 Å². The van der Waals surface area contributed by atoms with E-state index >= 15 is 0 Å². The predicted molar refractivity (Wildman–Crippen MR) is 84.5 cm³/mol. The molecular formula is C17H24N2O3. The molecule has 1 N–H and O–H groups in total. The number of ether oxygens (including phenoxy) is 2. The topological polar surface area (TPSA) is 50.8 Å². The highest BCUT2D eigenvalue weighted by Gasteiger charge is 2.33. The Bertz CT molecular complexity index is 550. The van der Waals surface area contributed by atoms with Gasteiger partial charge in [0.05, 0.1) is 18.3 Å². The zero-order chi connectivity index (χ0) is 15.7. The smallest absolute Gasteiger partial charge is 0.338 e. The van der Waals surface area contributed by atoms with Crippen LogP contribution in [0.4, 0.5) is 0 Å². The Kier molecular flexibility index (Phi) is 4.47. The van der Waals surface area contributed by atoms with Gasteiger partial charge in [0.1, 0.15) is 6.61 Å². The number of morpholine rings is 1. The Morgan fingerprint density at radius 2 is 2.27 bits per heavy atom. The standard InChI is InChI=1S/C17H24N2O3/c1-4-14-15(10-22-17(14)20)11(2)12(3)16-8-19-6-5-18-7-13(19)9-21-16/h4,13,16,18H,1,5-10H2,2-3H3/b12-11+/t13-,16-/m0/s1. The summed E-state index contributed by atoms with van der Waals surface area (Å²) in [6.07, 6.45) is 1.68. The second kappa shape index (κ2) is 6.36. The monoisotopic (exact) mass is 304 g/mol. The van der Waals surface area contributed by atoms with Gasteiger partial charge in [0.15, 0.2) is 0 Å². The van der Waals surface area contributed by atoms with Gasteiger partial charge in [-0.25, -0.2) is 4.79 Å². The van der Waals surface area contributed by atoms with Crippen LogP contribution in [0, 0.1) is 0 Å². The Morgan fingerprint density at radius 1 is 1.45 bits per heavy atom. The van der Waals surface area contributed by atoms with Crippen molar-refractivity contribution in [1.82, 2.24) is 10.2 Å². The molecule has 3 aliphatic rings. The van der Waals surface area contributed by atoms with Crippen molar-refractivity contribution >= 4 is 5.97 Å². The molecule has 5 heteroatoms. The average molecular weight is 304 g/mol. The Labute approximate surface area is 131 Å². The lowest BCUT2D eigenvalue weighted by Gasteiger charge is -2.43. The van der Waals surface area contributed by atoms with E-state index in [-0.39, 0.29) is 12.1 Å². The lowest BCUT2D eigenvalue weighted by molar-refractivity contribution is -0.135. The lowest BCUT2D eigenvalue weighted by atomic mass is 9.95. The fourth-order valence-electron chi connectivity index (χ4n) is 3.38. The molecule has 0 aromatic rings. The fourth-order valence-corrected chi connectivity index (χ4v) is 3.38. The summed E-state index contributed by atoms with van der Waals surface area (Å²) in [4.78, 5) is 14.2. The molecule has 0 unspecified atom stereocenters. The second-order valence-electron chi connectivity index (χ2n) is 6.16. The van der Waals surface area contributed by atoms with Crippen LogP contribution >= 0.6 is 0 Å². The zero-order valence-electron chi connectivity index (χ0n) is 13.4. The van der Waals surface area contributed by atoms with E-state index in [0.717, 1.165) is 43.9 Å². The van der Waals surface area contributed by atoms with E-state index in [1.54, 1.807) is 6.08 Å². The molecule has 0 bridgehead atoms. The molecule has 2 atom stereocenters. The molecular weight excluding hydrogens is 280 g/mol. The van der Waals surface area contributed by atoms with Gasteiger partial charge >= 0.3 is 5.97 Å². The van der Waals surface area contributed by atoms with E-state index in [4.69, 9.17) is 9.47 Å². The van der Waals surface area contributed by atoms with Gasteiger partial charge in [-0.05, 0) is 25.0 Å². The van der Waals surface area contributed by atoms with Gasteiger partial charge in [-0.1, -0.05) is 12.7 Å². The van der Waals surface area contributed by atoms with Gasteiger partial charge < -0.3 is 14.8 Å². The Hall–Kier alpha value is -1.43. The molecule has 2 fully saturated rings. The minimum atomic E-state index is -0.274. The first-order chi connectivity index (χ1) is 10.6. The van der Waals surface area contributed by atoms with Gasteiger partial charge in [-0.3, -0.25) is 4.90 Å². The summed E-state index contributed by atoms with van der Waals surface area (Å²) in [5.74, 6) is -0.274. The van der Waals surface area contributed by atoms with Crippen LogP contribution in [-0.2, 0) is 14.3 Å². The van der Waals surface area contributed by atoms with Crippen molar-refractivity contribution in [3.05, 3.63) is 34.9 Å². The first kappa shape index (κ1) is 15.5. The van der Waals surface area contributed by atoms with Crippen LogP contribution < -0.4 is 5.32 Å². The minimum absolute atomic E-state index is 0.0867. The molecule has 0 spiro atoms. The number of piperazine rings is 1. The zero-order valence-corrected chi connectivity index (χ0v) is 13.4. The van der Waals surface area contributed by atoms with E-state index in [1.807, 2.05) is 6.92 Å². The van der Waals surface area contributed by atoms with E-state index in [1.165, 1.54) is 5.57 Å². The number of hydrogen-bond donors (Lipinski definition) is 1. The van der Waals surface area contributed by atoms with Gasteiger partial charge in [0.25, 0.3) is 0 Å². The maximum absolute atomic E-state index is 11.7. The highest BCUT2D eigenvalue weighted by Crippen LogP contribution is 2.29. The summed E-state index contributed by atoms with van der Waals surface area (Å²) in [5.41, 5.74) is 3.82. The molecule has 2 saturated heterocycles. The largest absolute Gasteiger partial charge is 0.457 e. The fraction of sp³-hybridized carbons (Fsp3) is 0.588. The Morgan fingerprint density at radius 3 is 3.05 bits per heavy atom. The van der Waals surface area contributed by atoms with Crippen LogP contribution in [-0.4, -0.2) is 62.4 Å². The molecule has 0 radical (unpaired) electrons. The highest BCUT2D eigenvalue weighted by molar-refractivity contribution is 5.95. The summed E-state index contributed by atoms with van der Waals surface area (Å²) in [7, 11) is 0. The van der Waals surface area contributed by atoms with E-state index in [9.17, 15) is 4.79 Å². The molecule has 5 nitrogen and oxygen atoms in total. The van der Waals surface area contributed by atoms with Crippen LogP contribution in [0.3, 0.4) is 0 Å². The molecule has 120 valence electrons. The molecule has 0 amide bonds. The van der Waals surface area contributed by atoms with E-state index in [0.29, 0.717) is 18.2 Å². The Balaban J connectivity index is 1.80. The number of cyclic esters (lactones) is 1. The SMILES string of the molecule is C=CC1=C(/C(C)=C(\C)[C@@H]2CN3CCNC[C@H]3CO2)COC1=O. The first-order valence-corrected chi connectivity index (χ1v) is 7.88. The number of carbonyl (C=O) groups is 1. The van der Waals surface area contributed by atoms with Gasteiger partial charge in [0, 0.05) is 37.8 Å². The van der Waals surface area contributed by atoms with Crippen molar-refractivity contribution < 1.29 is 14.3 Å². The summed E-state index contributed by atoms with van der Waals surface area (Å²) < 4.78 is 11.2. The van der Waals surface area contributed by atoms with Crippen molar-refractivity contribution in [1.29, 1.82) is 0 Å². The van der Waals surface area contributed by atoms with Crippen LogP contribution in [0.5, 0.6) is 0 Å². The molecule has 3 aliphatic heterocycles. The molecule has 3 rings (SSSR count). The molecule has 3 heterocycles. The van der Waals surface area contributed by atoms with Gasteiger partial charge in [-0.15, -0.1) is 0 Å². The van der Waals surface area contributed by atoms with Crippen LogP contribution in [0.2, 0.25) is 0 Å². The summed E-state index contributed by atoms with van der Waals surface area (Å²) in [5, 5.41) is 3.41. The van der Waals surface area contributed by atoms with Crippen LogP contribution in [0.25, 0.3) is 0 Å². The molecule has 0 aromatic carbocycles. The minimum Gasteiger partial charge on any atom is -0.457 e. The van der Waals surface area contributed by atoms with Gasteiger partial charge in [-0.2, -0.15) is 0 Å². The molecule has 0 aliphatic carbocycles. The van der Waals surface area contributed by atoms with E-state index in [2.05, 4.69) is 23.7 Å². The van der Waals surface area contributed by atoms with E-state index < -0.39 is 0 Å². The normalized spacial score (nSPS) is 30.7. The lowest BCUT2D eigenvalue weighted by Crippen LogP contribution is -2.59. The highest BCUT2D eigenvalue weighted by atomic mass is 16.5.